The minimum atomic E-state index is -0.782. The van der Waals surface area contributed by atoms with Gasteiger partial charge in [-0.15, -0.1) is 0 Å². The Labute approximate surface area is 122 Å². The van der Waals surface area contributed by atoms with Gasteiger partial charge in [0, 0.05) is 13.1 Å². The van der Waals surface area contributed by atoms with Gasteiger partial charge in [0.1, 0.15) is 5.41 Å². The van der Waals surface area contributed by atoms with Gasteiger partial charge < -0.3 is 15.8 Å². The average molecular weight is 283 g/mol. The third kappa shape index (κ3) is 3.64. The molecule has 0 heterocycles. The molecule has 1 aliphatic carbocycles. The Morgan fingerprint density at radius 2 is 1.65 bits per heavy atom. The van der Waals surface area contributed by atoms with E-state index >= 15 is 0 Å². The molecule has 1 saturated carbocycles. The summed E-state index contributed by atoms with van der Waals surface area (Å²) in [4.78, 5) is 14.9. The van der Waals surface area contributed by atoms with Crippen LogP contribution < -0.4 is 5.73 Å². The van der Waals surface area contributed by atoms with E-state index in [2.05, 4.69) is 19.0 Å². The zero-order chi connectivity index (χ0) is 15.0. The number of rotatable bonds is 6. The van der Waals surface area contributed by atoms with Crippen molar-refractivity contribution in [1.29, 1.82) is 0 Å². The zero-order valence-electron chi connectivity index (χ0n) is 12.9. The lowest BCUT2D eigenvalue weighted by atomic mass is 9.77. The van der Waals surface area contributed by atoms with Gasteiger partial charge in [0.2, 0.25) is 5.91 Å². The van der Waals surface area contributed by atoms with Gasteiger partial charge in [0.05, 0.1) is 0 Å². The number of amidine groups is 1. The summed E-state index contributed by atoms with van der Waals surface area (Å²) < 4.78 is 0. The van der Waals surface area contributed by atoms with Gasteiger partial charge in [-0.25, -0.2) is 0 Å². The summed E-state index contributed by atoms with van der Waals surface area (Å²) in [7, 11) is 0. The highest BCUT2D eigenvalue weighted by Gasteiger charge is 2.44. The van der Waals surface area contributed by atoms with E-state index in [1.807, 2.05) is 4.90 Å². The van der Waals surface area contributed by atoms with Crippen molar-refractivity contribution in [1.82, 2.24) is 4.90 Å². The highest BCUT2D eigenvalue weighted by molar-refractivity contribution is 6.06. The SMILES string of the molecule is CCCN(CCC)C(=O)C1(C(N)=NO)CCCCCC1. The van der Waals surface area contributed by atoms with E-state index in [-0.39, 0.29) is 11.7 Å². The van der Waals surface area contributed by atoms with Crippen LogP contribution in [0.3, 0.4) is 0 Å². The summed E-state index contributed by atoms with van der Waals surface area (Å²) in [6, 6.07) is 0. The largest absolute Gasteiger partial charge is 0.409 e. The van der Waals surface area contributed by atoms with E-state index in [0.717, 1.165) is 51.6 Å². The number of carbonyl (C=O) groups is 1. The maximum Gasteiger partial charge on any atom is 0.236 e. The smallest absolute Gasteiger partial charge is 0.236 e. The standard InChI is InChI=1S/C15H29N3O2/c1-3-11-18(12-4-2)14(19)15(13(16)17-20)9-7-5-6-8-10-15/h20H,3-12H2,1-2H3,(H2,16,17). The van der Waals surface area contributed by atoms with Crippen LogP contribution in [-0.4, -0.2) is 34.9 Å². The fourth-order valence-electron chi connectivity index (χ4n) is 3.16. The van der Waals surface area contributed by atoms with Crippen LogP contribution in [0.25, 0.3) is 0 Å². The van der Waals surface area contributed by atoms with Crippen molar-refractivity contribution in [3.8, 4) is 0 Å². The predicted molar refractivity (Wildman–Crippen MR) is 80.7 cm³/mol. The van der Waals surface area contributed by atoms with Crippen LogP contribution in [-0.2, 0) is 4.79 Å². The Bertz CT molecular complexity index is 328. The first-order valence-electron chi connectivity index (χ1n) is 7.89. The van der Waals surface area contributed by atoms with Crippen LogP contribution in [0.5, 0.6) is 0 Å². The van der Waals surface area contributed by atoms with Crippen LogP contribution in [0.4, 0.5) is 0 Å². The summed E-state index contributed by atoms with van der Waals surface area (Å²) in [6.45, 7) is 5.62. The molecule has 0 aliphatic heterocycles. The molecule has 0 unspecified atom stereocenters. The van der Waals surface area contributed by atoms with E-state index in [1.165, 1.54) is 0 Å². The molecular weight excluding hydrogens is 254 g/mol. The lowest BCUT2D eigenvalue weighted by Gasteiger charge is -2.35. The van der Waals surface area contributed by atoms with Gasteiger partial charge in [-0.1, -0.05) is 44.7 Å². The summed E-state index contributed by atoms with van der Waals surface area (Å²) in [5, 5.41) is 12.3. The van der Waals surface area contributed by atoms with Gasteiger partial charge in [0.25, 0.3) is 0 Å². The Morgan fingerprint density at radius 3 is 2.05 bits per heavy atom. The first-order chi connectivity index (χ1) is 9.62. The molecule has 116 valence electrons. The maximum absolute atomic E-state index is 13.0. The van der Waals surface area contributed by atoms with Gasteiger partial charge in [-0.3, -0.25) is 4.79 Å². The van der Waals surface area contributed by atoms with Crippen LogP contribution in [0.15, 0.2) is 5.16 Å². The Morgan fingerprint density at radius 1 is 1.15 bits per heavy atom. The minimum Gasteiger partial charge on any atom is -0.409 e. The van der Waals surface area contributed by atoms with Gasteiger partial charge in [0.15, 0.2) is 5.84 Å². The Balaban J connectivity index is 3.04. The van der Waals surface area contributed by atoms with Crippen LogP contribution in [0, 0.1) is 5.41 Å². The molecular formula is C15H29N3O2. The lowest BCUT2D eigenvalue weighted by molar-refractivity contribution is -0.139. The zero-order valence-corrected chi connectivity index (χ0v) is 12.9. The van der Waals surface area contributed by atoms with Crippen molar-refractivity contribution in [2.24, 2.45) is 16.3 Å². The van der Waals surface area contributed by atoms with E-state index in [0.29, 0.717) is 12.8 Å². The summed E-state index contributed by atoms with van der Waals surface area (Å²) in [5.74, 6) is 0.153. The van der Waals surface area contributed by atoms with Crippen molar-refractivity contribution in [2.45, 2.75) is 65.2 Å². The summed E-state index contributed by atoms with van der Waals surface area (Å²) in [5.41, 5.74) is 5.15. The number of nitrogens with zero attached hydrogens (tertiary/aromatic N) is 2. The normalized spacial score (nSPS) is 19.4. The second-order valence-electron chi connectivity index (χ2n) is 5.77. The third-order valence-corrected chi connectivity index (χ3v) is 4.24. The first kappa shape index (κ1) is 16.8. The van der Waals surface area contributed by atoms with Gasteiger partial charge >= 0.3 is 0 Å². The summed E-state index contributed by atoms with van der Waals surface area (Å²) >= 11 is 0. The quantitative estimate of drug-likeness (QED) is 0.259. The molecule has 1 amide bonds. The van der Waals surface area contributed by atoms with E-state index in [1.54, 1.807) is 0 Å². The highest BCUT2D eigenvalue weighted by Crippen LogP contribution is 2.37. The van der Waals surface area contributed by atoms with E-state index in [4.69, 9.17) is 10.9 Å². The average Bonchev–Trinajstić information content (AvgIpc) is 2.72. The molecule has 5 heteroatoms. The molecule has 0 saturated heterocycles. The molecule has 0 radical (unpaired) electrons. The molecule has 5 nitrogen and oxygen atoms in total. The van der Waals surface area contributed by atoms with E-state index < -0.39 is 5.41 Å². The van der Waals surface area contributed by atoms with Crippen molar-refractivity contribution in [3.63, 3.8) is 0 Å². The lowest BCUT2D eigenvalue weighted by Crippen LogP contribution is -2.51. The van der Waals surface area contributed by atoms with Crippen LogP contribution in [0.2, 0.25) is 0 Å². The van der Waals surface area contributed by atoms with E-state index in [9.17, 15) is 4.79 Å². The minimum absolute atomic E-state index is 0.0541. The van der Waals surface area contributed by atoms with Crippen LogP contribution >= 0.6 is 0 Å². The second-order valence-corrected chi connectivity index (χ2v) is 5.77. The van der Waals surface area contributed by atoms with Crippen molar-refractivity contribution < 1.29 is 10.0 Å². The van der Waals surface area contributed by atoms with Crippen molar-refractivity contribution in [3.05, 3.63) is 0 Å². The highest BCUT2D eigenvalue weighted by atomic mass is 16.4. The molecule has 0 atom stereocenters. The van der Waals surface area contributed by atoms with Crippen LogP contribution in [0.1, 0.15) is 65.2 Å². The number of hydrogen-bond donors (Lipinski definition) is 2. The molecule has 1 aliphatic rings. The molecule has 1 fully saturated rings. The Hall–Kier alpha value is -1.26. The second kappa shape index (κ2) is 8.12. The summed E-state index contributed by atoms with van der Waals surface area (Å²) in [6.07, 6.45) is 7.43. The molecule has 0 aromatic heterocycles. The number of oxime groups is 1. The molecule has 20 heavy (non-hydrogen) atoms. The molecule has 0 aromatic carbocycles. The maximum atomic E-state index is 13.0. The van der Waals surface area contributed by atoms with Crippen molar-refractivity contribution in [2.75, 3.05) is 13.1 Å². The Kier molecular flexibility index (Phi) is 6.82. The molecule has 1 rings (SSSR count). The number of nitrogens with two attached hydrogens (primary N) is 1. The fraction of sp³-hybridized carbons (Fsp3) is 0.867. The number of carbonyl (C=O) groups excluding carboxylic acids is 1. The molecule has 0 aromatic rings. The predicted octanol–water partition coefficient (Wildman–Crippen LogP) is 2.72. The third-order valence-electron chi connectivity index (χ3n) is 4.24. The van der Waals surface area contributed by atoms with Crippen molar-refractivity contribution >= 4 is 11.7 Å². The van der Waals surface area contributed by atoms with Gasteiger partial charge in [-0.2, -0.15) is 0 Å². The molecule has 0 spiro atoms. The number of hydrogen-bond acceptors (Lipinski definition) is 3. The molecule has 3 N–H and O–H groups in total. The monoisotopic (exact) mass is 283 g/mol. The number of amides is 1. The van der Waals surface area contributed by atoms with Gasteiger partial charge in [-0.05, 0) is 25.7 Å². The first-order valence-corrected chi connectivity index (χ1v) is 7.89. The topological polar surface area (TPSA) is 78.9 Å². The fourth-order valence-corrected chi connectivity index (χ4v) is 3.16. The molecule has 0 bridgehead atoms.